The molecular weight excluding hydrogens is 340 g/mol. The smallest absolute Gasteiger partial charge is 0.228 e. The Morgan fingerprint density at radius 3 is 2.69 bits per heavy atom. The van der Waals surface area contributed by atoms with Gasteiger partial charge in [-0.25, -0.2) is 0 Å². The molecule has 26 heavy (non-hydrogen) atoms. The molecular formula is C18H16N2O6. The van der Waals surface area contributed by atoms with E-state index < -0.39 is 18.0 Å². The molecule has 1 aliphatic rings. The van der Waals surface area contributed by atoms with Crippen molar-refractivity contribution in [2.24, 2.45) is 5.73 Å². The summed E-state index contributed by atoms with van der Waals surface area (Å²) in [6.45, 7) is -0.481. The largest absolute Gasteiger partial charge is 0.497 e. The van der Waals surface area contributed by atoms with Crippen molar-refractivity contribution in [3.63, 3.8) is 0 Å². The summed E-state index contributed by atoms with van der Waals surface area (Å²) in [6.07, 6.45) is 0. The monoisotopic (exact) mass is 356 g/mol. The Bertz CT molecular complexity index is 986. The van der Waals surface area contributed by atoms with Crippen molar-refractivity contribution in [2.75, 3.05) is 14.2 Å². The van der Waals surface area contributed by atoms with E-state index in [1.54, 1.807) is 18.2 Å². The van der Waals surface area contributed by atoms with E-state index in [9.17, 15) is 15.2 Å². The number of allylic oxidation sites excluding steroid dienone is 1. The van der Waals surface area contributed by atoms with Gasteiger partial charge in [-0.2, -0.15) is 5.26 Å². The van der Waals surface area contributed by atoms with Gasteiger partial charge in [-0.1, -0.05) is 0 Å². The molecule has 0 saturated carbocycles. The minimum Gasteiger partial charge on any atom is -0.497 e. The third-order valence-corrected chi connectivity index (χ3v) is 4.03. The molecule has 3 N–H and O–H groups in total. The standard InChI is InChI=1S/C18H16N2O6/c1-23-9-3-4-14(24-2)11(5-9)15-12(7-19)18(20)26-16-13(22)6-10(8-21)25-17(15)16/h3-6,15,21H,8,20H2,1-2H3/t15-/m1/s1. The Balaban J connectivity index is 2.35. The first kappa shape index (κ1) is 17.4. The molecule has 0 aliphatic carbocycles. The van der Waals surface area contributed by atoms with Gasteiger partial charge in [0.15, 0.2) is 5.76 Å². The van der Waals surface area contributed by atoms with Crippen molar-refractivity contribution >= 4 is 0 Å². The lowest BCUT2D eigenvalue weighted by Gasteiger charge is -2.26. The lowest BCUT2D eigenvalue weighted by Crippen LogP contribution is -2.25. The van der Waals surface area contributed by atoms with E-state index in [1.165, 1.54) is 14.2 Å². The number of nitrogens with two attached hydrogens (primary N) is 1. The van der Waals surface area contributed by atoms with Gasteiger partial charge in [0, 0.05) is 11.6 Å². The van der Waals surface area contributed by atoms with E-state index in [-0.39, 0.29) is 28.7 Å². The van der Waals surface area contributed by atoms with Crippen LogP contribution in [0.3, 0.4) is 0 Å². The number of nitriles is 1. The predicted octanol–water partition coefficient (Wildman–Crippen LogP) is 1.37. The summed E-state index contributed by atoms with van der Waals surface area (Å²) in [7, 11) is 2.98. The van der Waals surface area contributed by atoms with Crippen molar-refractivity contribution in [3.8, 4) is 23.3 Å². The zero-order chi connectivity index (χ0) is 18.8. The lowest BCUT2D eigenvalue weighted by atomic mass is 9.86. The maximum Gasteiger partial charge on any atom is 0.228 e. The molecule has 1 aromatic carbocycles. The molecule has 2 heterocycles. The summed E-state index contributed by atoms with van der Waals surface area (Å²) in [4.78, 5) is 12.3. The molecule has 3 rings (SSSR count). The van der Waals surface area contributed by atoms with Crippen LogP contribution in [-0.4, -0.2) is 19.3 Å². The van der Waals surface area contributed by atoms with Crippen molar-refractivity contribution in [1.82, 2.24) is 0 Å². The number of ether oxygens (including phenoxy) is 3. The topological polar surface area (TPSA) is 128 Å². The van der Waals surface area contributed by atoms with Crippen LogP contribution in [0.25, 0.3) is 0 Å². The highest BCUT2D eigenvalue weighted by Crippen LogP contribution is 2.44. The molecule has 1 aliphatic heterocycles. The van der Waals surface area contributed by atoms with E-state index in [0.717, 1.165) is 6.07 Å². The zero-order valence-electron chi connectivity index (χ0n) is 14.1. The fourth-order valence-corrected chi connectivity index (χ4v) is 2.84. The lowest BCUT2D eigenvalue weighted by molar-refractivity contribution is 0.231. The first-order valence-corrected chi connectivity index (χ1v) is 7.61. The molecule has 1 aromatic heterocycles. The normalized spacial score (nSPS) is 15.7. The first-order valence-electron chi connectivity index (χ1n) is 7.61. The number of fused-ring (bicyclic) bond motifs is 1. The predicted molar refractivity (Wildman–Crippen MR) is 89.7 cm³/mol. The molecule has 0 amide bonds. The van der Waals surface area contributed by atoms with Gasteiger partial charge in [0.1, 0.15) is 35.5 Å². The van der Waals surface area contributed by atoms with E-state index >= 15 is 0 Å². The number of nitrogens with zero attached hydrogens (tertiary/aromatic N) is 1. The molecule has 0 radical (unpaired) electrons. The van der Waals surface area contributed by atoms with Crippen LogP contribution in [0.5, 0.6) is 17.2 Å². The maximum atomic E-state index is 12.3. The SMILES string of the molecule is COc1ccc(OC)c([C@@H]2C(C#N)=C(N)Oc3c2oc(CO)cc3=O)c1. The molecule has 0 spiro atoms. The van der Waals surface area contributed by atoms with Crippen LogP contribution in [0.4, 0.5) is 0 Å². The first-order chi connectivity index (χ1) is 12.5. The minimum absolute atomic E-state index is 0.0435. The fraction of sp³-hybridized carbons (Fsp3) is 0.222. The highest BCUT2D eigenvalue weighted by atomic mass is 16.5. The Morgan fingerprint density at radius 1 is 1.31 bits per heavy atom. The minimum atomic E-state index is -0.854. The number of hydrogen-bond acceptors (Lipinski definition) is 8. The van der Waals surface area contributed by atoms with Gasteiger partial charge >= 0.3 is 0 Å². The molecule has 0 unspecified atom stereocenters. The quantitative estimate of drug-likeness (QED) is 0.840. The van der Waals surface area contributed by atoms with Crippen LogP contribution in [-0.2, 0) is 6.61 Å². The number of aliphatic hydroxyl groups excluding tert-OH is 1. The third-order valence-electron chi connectivity index (χ3n) is 4.03. The van der Waals surface area contributed by atoms with Crippen molar-refractivity contribution in [1.29, 1.82) is 5.26 Å². The molecule has 1 atom stereocenters. The molecule has 0 saturated heterocycles. The maximum absolute atomic E-state index is 12.3. The number of aliphatic hydroxyl groups is 1. The molecule has 134 valence electrons. The van der Waals surface area contributed by atoms with Crippen LogP contribution >= 0.6 is 0 Å². The van der Waals surface area contributed by atoms with Crippen LogP contribution in [0.15, 0.2) is 44.9 Å². The van der Waals surface area contributed by atoms with Gasteiger partial charge in [-0.3, -0.25) is 4.79 Å². The Labute approximate surface area is 148 Å². The summed E-state index contributed by atoms with van der Waals surface area (Å²) in [5.41, 5.74) is 5.92. The van der Waals surface area contributed by atoms with Gasteiger partial charge in [0.05, 0.1) is 20.1 Å². The van der Waals surface area contributed by atoms with Crippen molar-refractivity contribution in [3.05, 3.63) is 63.0 Å². The second-order valence-electron chi connectivity index (χ2n) is 5.46. The summed E-state index contributed by atoms with van der Waals surface area (Å²) in [5, 5.41) is 19.0. The second-order valence-corrected chi connectivity index (χ2v) is 5.46. The number of benzene rings is 1. The van der Waals surface area contributed by atoms with E-state index in [1.807, 2.05) is 6.07 Å². The van der Waals surface area contributed by atoms with Crippen molar-refractivity contribution < 1.29 is 23.7 Å². The van der Waals surface area contributed by atoms with Gasteiger partial charge in [-0.15, -0.1) is 0 Å². The molecule has 2 aromatic rings. The van der Waals surface area contributed by atoms with E-state index in [4.69, 9.17) is 24.4 Å². The van der Waals surface area contributed by atoms with Crippen LogP contribution in [0, 0.1) is 11.3 Å². The zero-order valence-corrected chi connectivity index (χ0v) is 14.1. The molecule has 0 fully saturated rings. The average Bonchev–Trinajstić information content (AvgIpc) is 2.66. The summed E-state index contributed by atoms with van der Waals surface area (Å²) < 4.78 is 21.6. The number of methoxy groups -OCH3 is 2. The summed E-state index contributed by atoms with van der Waals surface area (Å²) in [5.74, 6) is -0.104. The van der Waals surface area contributed by atoms with Crippen LogP contribution in [0.1, 0.15) is 23.0 Å². The molecule has 8 heteroatoms. The van der Waals surface area contributed by atoms with E-state index in [0.29, 0.717) is 17.1 Å². The Morgan fingerprint density at radius 2 is 2.08 bits per heavy atom. The molecule has 8 nitrogen and oxygen atoms in total. The van der Waals surface area contributed by atoms with Gasteiger partial charge in [0.25, 0.3) is 0 Å². The van der Waals surface area contributed by atoms with Crippen LogP contribution < -0.4 is 25.4 Å². The average molecular weight is 356 g/mol. The molecule has 0 bridgehead atoms. The van der Waals surface area contributed by atoms with Crippen LogP contribution in [0.2, 0.25) is 0 Å². The number of hydrogen-bond donors (Lipinski definition) is 2. The van der Waals surface area contributed by atoms with Gasteiger partial charge in [0.2, 0.25) is 17.1 Å². The van der Waals surface area contributed by atoms with Crippen molar-refractivity contribution in [2.45, 2.75) is 12.5 Å². The highest BCUT2D eigenvalue weighted by molar-refractivity contribution is 5.56. The fourth-order valence-electron chi connectivity index (χ4n) is 2.84. The van der Waals surface area contributed by atoms with Gasteiger partial charge < -0.3 is 29.5 Å². The number of rotatable bonds is 4. The Hall–Kier alpha value is -3.44. The second kappa shape index (κ2) is 6.82. The summed E-state index contributed by atoms with van der Waals surface area (Å²) in [6, 6.07) is 8.14. The third kappa shape index (κ3) is 2.74. The highest BCUT2D eigenvalue weighted by Gasteiger charge is 2.37. The summed E-state index contributed by atoms with van der Waals surface area (Å²) >= 11 is 0. The van der Waals surface area contributed by atoms with E-state index in [2.05, 4.69) is 0 Å². The Kier molecular flexibility index (Phi) is 4.56. The van der Waals surface area contributed by atoms with Gasteiger partial charge in [-0.05, 0) is 18.2 Å².